The first-order valence-corrected chi connectivity index (χ1v) is 7.93. The van der Waals surface area contributed by atoms with Gasteiger partial charge in [0.05, 0.1) is 7.11 Å². The largest absolute Gasteiger partial charge is 0.497 e. The molecule has 0 unspecified atom stereocenters. The van der Waals surface area contributed by atoms with Crippen molar-refractivity contribution in [3.63, 3.8) is 0 Å². The lowest BCUT2D eigenvalue weighted by Gasteiger charge is -2.07. The maximum Gasteiger partial charge on any atom is 0.193 e. The number of aryl methyl sites for hydroxylation is 1. The van der Waals surface area contributed by atoms with Crippen molar-refractivity contribution in [2.45, 2.75) is 13.3 Å². The molecule has 0 radical (unpaired) electrons. The van der Waals surface area contributed by atoms with Gasteiger partial charge >= 0.3 is 0 Å². The van der Waals surface area contributed by atoms with Crippen LogP contribution in [0.4, 0.5) is 5.69 Å². The molecule has 0 atom stereocenters. The number of H-pyrrole nitrogens is 1. The van der Waals surface area contributed by atoms with Crippen molar-refractivity contribution in [3.05, 3.63) is 59.8 Å². The zero-order chi connectivity index (χ0) is 16.9. The van der Waals surface area contributed by atoms with E-state index in [0.29, 0.717) is 12.5 Å². The lowest BCUT2D eigenvalue weighted by Crippen LogP contribution is -2.23. The van der Waals surface area contributed by atoms with Gasteiger partial charge in [-0.15, -0.1) is 0 Å². The Morgan fingerprint density at radius 1 is 1.25 bits per heavy atom. The van der Waals surface area contributed by atoms with Gasteiger partial charge in [-0.05, 0) is 42.7 Å². The van der Waals surface area contributed by atoms with Gasteiger partial charge in [0.15, 0.2) is 5.96 Å². The molecular weight excluding hydrogens is 300 g/mol. The van der Waals surface area contributed by atoms with E-state index in [0.717, 1.165) is 23.4 Å². The second-order valence-electron chi connectivity index (χ2n) is 5.74. The first-order valence-electron chi connectivity index (χ1n) is 7.93. The van der Waals surface area contributed by atoms with E-state index >= 15 is 0 Å². The number of nitrogens with zero attached hydrogens (tertiary/aromatic N) is 1. The van der Waals surface area contributed by atoms with Crippen LogP contribution in [0.25, 0.3) is 10.9 Å². The zero-order valence-electron chi connectivity index (χ0n) is 14.0. The fourth-order valence-corrected chi connectivity index (χ4v) is 2.69. The first kappa shape index (κ1) is 15.9. The second-order valence-corrected chi connectivity index (χ2v) is 5.74. The number of ether oxygens (including phenoxy) is 1. The summed E-state index contributed by atoms with van der Waals surface area (Å²) < 4.78 is 5.19. The molecule has 0 fully saturated rings. The van der Waals surface area contributed by atoms with Crippen molar-refractivity contribution in [2.24, 2.45) is 10.7 Å². The highest BCUT2D eigenvalue weighted by Crippen LogP contribution is 2.20. The van der Waals surface area contributed by atoms with Crippen LogP contribution < -0.4 is 15.8 Å². The summed E-state index contributed by atoms with van der Waals surface area (Å²) >= 11 is 0. The maximum absolute atomic E-state index is 5.96. The molecule has 124 valence electrons. The minimum absolute atomic E-state index is 0.402. The number of aliphatic imine (C=N–C) groups is 1. The zero-order valence-corrected chi connectivity index (χ0v) is 14.0. The van der Waals surface area contributed by atoms with Crippen LogP contribution >= 0.6 is 0 Å². The average molecular weight is 322 g/mol. The first-order chi connectivity index (χ1) is 11.7. The number of nitrogens with one attached hydrogen (secondary N) is 2. The van der Waals surface area contributed by atoms with Crippen LogP contribution in [0.15, 0.2) is 53.7 Å². The van der Waals surface area contributed by atoms with Gasteiger partial charge in [-0.25, -0.2) is 0 Å². The Labute approximate surface area is 141 Å². The summed E-state index contributed by atoms with van der Waals surface area (Å²) in [4.78, 5) is 7.71. The summed E-state index contributed by atoms with van der Waals surface area (Å²) in [6.45, 7) is 2.72. The third-order valence-electron chi connectivity index (χ3n) is 3.93. The number of benzene rings is 2. The minimum Gasteiger partial charge on any atom is -0.497 e. The normalized spacial score (nSPS) is 11.7. The molecule has 0 saturated heterocycles. The second kappa shape index (κ2) is 7.08. The number of rotatable bonds is 5. The Morgan fingerprint density at radius 2 is 2.12 bits per heavy atom. The number of guanidine groups is 1. The third-order valence-corrected chi connectivity index (χ3v) is 3.93. The molecule has 3 rings (SSSR count). The predicted octanol–water partition coefficient (Wildman–Crippen LogP) is 3.45. The van der Waals surface area contributed by atoms with Crippen LogP contribution in [-0.4, -0.2) is 24.6 Å². The highest BCUT2D eigenvalue weighted by molar-refractivity contribution is 5.92. The van der Waals surface area contributed by atoms with Gasteiger partial charge in [-0.3, -0.25) is 4.99 Å². The number of nitrogens with two attached hydrogens (primary N) is 1. The van der Waals surface area contributed by atoms with Gasteiger partial charge in [0.1, 0.15) is 5.75 Å². The van der Waals surface area contributed by atoms with Gasteiger partial charge < -0.3 is 20.8 Å². The summed E-state index contributed by atoms with van der Waals surface area (Å²) in [5, 5.41) is 4.33. The molecule has 4 N–H and O–H groups in total. The van der Waals surface area contributed by atoms with E-state index in [1.165, 1.54) is 16.5 Å². The van der Waals surface area contributed by atoms with Crippen molar-refractivity contribution in [3.8, 4) is 5.75 Å². The fourth-order valence-electron chi connectivity index (χ4n) is 2.69. The van der Waals surface area contributed by atoms with Crippen LogP contribution in [0.3, 0.4) is 0 Å². The Hall–Kier alpha value is -2.95. The summed E-state index contributed by atoms with van der Waals surface area (Å²) in [6.07, 6.45) is 2.88. The van der Waals surface area contributed by atoms with E-state index in [9.17, 15) is 0 Å². The lowest BCUT2D eigenvalue weighted by molar-refractivity contribution is 0.415. The molecule has 24 heavy (non-hydrogen) atoms. The smallest absolute Gasteiger partial charge is 0.193 e. The lowest BCUT2D eigenvalue weighted by atomic mass is 10.1. The molecule has 0 aliphatic heterocycles. The number of aromatic nitrogens is 1. The molecule has 2 aromatic carbocycles. The Kier molecular flexibility index (Phi) is 4.70. The van der Waals surface area contributed by atoms with E-state index in [2.05, 4.69) is 40.4 Å². The number of aromatic amines is 1. The van der Waals surface area contributed by atoms with Crippen molar-refractivity contribution in [2.75, 3.05) is 19.0 Å². The van der Waals surface area contributed by atoms with Gasteiger partial charge in [0.25, 0.3) is 0 Å². The average Bonchev–Trinajstić information content (AvgIpc) is 2.97. The molecule has 0 amide bonds. The fraction of sp³-hybridized carbons (Fsp3) is 0.211. The van der Waals surface area contributed by atoms with Crippen LogP contribution in [-0.2, 0) is 6.42 Å². The number of hydrogen-bond acceptors (Lipinski definition) is 2. The van der Waals surface area contributed by atoms with Crippen molar-refractivity contribution in [1.82, 2.24) is 4.98 Å². The number of hydrogen-bond donors (Lipinski definition) is 3. The summed E-state index contributed by atoms with van der Waals surface area (Å²) in [5.74, 6) is 1.18. The van der Waals surface area contributed by atoms with E-state index < -0.39 is 0 Å². The molecular formula is C19H22N4O. The Morgan fingerprint density at radius 3 is 2.96 bits per heavy atom. The maximum atomic E-state index is 5.96. The van der Waals surface area contributed by atoms with Gasteiger partial charge in [0.2, 0.25) is 0 Å². The quantitative estimate of drug-likeness (QED) is 0.497. The number of anilines is 1. The van der Waals surface area contributed by atoms with Crippen LogP contribution in [0, 0.1) is 6.92 Å². The molecule has 0 aliphatic carbocycles. The van der Waals surface area contributed by atoms with Crippen LogP contribution in [0.2, 0.25) is 0 Å². The monoisotopic (exact) mass is 322 g/mol. The van der Waals surface area contributed by atoms with E-state index in [4.69, 9.17) is 10.5 Å². The van der Waals surface area contributed by atoms with Crippen molar-refractivity contribution < 1.29 is 4.74 Å². The van der Waals surface area contributed by atoms with Gasteiger partial charge in [0, 0.05) is 35.4 Å². The minimum atomic E-state index is 0.402. The van der Waals surface area contributed by atoms with Crippen molar-refractivity contribution >= 4 is 22.5 Å². The molecule has 0 saturated carbocycles. The summed E-state index contributed by atoms with van der Waals surface area (Å²) in [5.41, 5.74) is 10.5. The standard InChI is InChI=1S/C19H22N4O/c1-13-6-7-17-14(12-22-18(17)10-13)8-9-21-19(20)23-15-4-3-5-16(11-15)24-2/h3-7,10-12,22H,8-9H2,1-2H3,(H3,20,21,23). The molecule has 0 spiro atoms. The molecule has 5 heteroatoms. The molecule has 5 nitrogen and oxygen atoms in total. The van der Waals surface area contributed by atoms with E-state index in [-0.39, 0.29) is 0 Å². The number of fused-ring (bicyclic) bond motifs is 1. The van der Waals surface area contributed by atoms with Crippen LogP contribution in [0.5, 0.6) is 5.75 Å². The molecule has 1 heterocycles. The van der Waals surface area contributed by atoms with Crippen LogP contribution in [0.1, 0.15) is 11.1 Å². The third kappa shape index (κ3) is 3.68. The molecule has 0 bridgehead atoms. The Bertz CT molecular complexity index is 867. The van der Waals surface area contributed by atoms with E-state index in [1.807, 2.05) is 30.5 Å². The molecule has 0 aliphatic rings. The van der Waals surface area contributed by atoms with Gasteiger partial charge in [-0.1, -0.05) is 18.2 Å². The summed E-state index contributed by atoms with van der Waals surface area (Å²) in [6, 6.07) is 14.0. The topological polar surface area (TPSA) is 75.4 Å². The number of methoxy groups -OCH3 is 1. The van der Waals surface area contributed by atoms with E-state index in [1.54, 1.807) is 7.11 Å². The Balaban J connectivity index is 1.62. The predicted molar refractivity (Wildman–Crippen MR) is 99.8 cm³/mol. The van der Waals surface area contributed by atoms with Gasteiger partial charge in [-0.2, -0.15) is 0 Å². The SMILES string of the molecule is COc1cccc(NC(N)=NCCc2c[nH]c3cc(C)ccc23)c1. The molecule has 1 aromatic heterocycles. The van der Waals surface area contributed by atoms with Crippen molar-refractivity contribution in [1.29, 1.82) is 0 Å². The molecule has 3 aromatic rings. The highest BCUT2D eigenvalue weighted by Gasteiger charge is 2.03. The summed E-state index contributed by atoms with van der Waals surface area (Å²) in [7, 11) is 1.64. The highest BCUT2D eigenvalue weighted by atomic mass is 16.5.